The molecule has 4 rings (SSSR count). The largest absolute Gasteiger partial charge is 0.461 e. The average Bonchev–Trinajstić information content (AvgIpc) is 2.90. The van der Waals surface area contributed by atoms with Crippen molar-refractivity contribution in [1.82, 2.24) is 0 Å². The molecule has 4 nitrogen and oxygen atoms in total. The third kappa shape index (κ3) is 2.89. The highest BCUT2D eigenvalue weighted by molar-refractivity contribution is 9.09. The number of carbonyl (C=O) groups excluding carboxylic acids is 1. The smallest absolute Gasteiger partial charge is 0.302 e. The summed E-state index contributed by atoms with van der Waals surface area (Å²) in [6, 6.07) is 0. The molecule has 0 aliphatic heterocycles. The minimum absolute atomic E-state index is 0.0481. The fourth-order valence-electron chi connectivity index (χ4n) is 6.75. The average molecular weight is 427 g/mol. The van der Waals surface area contributed by atoms with Crippen LogP contribution in [0.15, 0.2) is 11.6 Å². The number of halogens is 1. The van der Waals surface area contributed by atoms with E-state index in [2.05, 4.69) is 28.9 Å². The van der Waals surface area contributed by atoms with Crippen LogP contribution in [-0.4, -0.2) is 41.3 Å². The van der Waals surface area contributed by atoms with Gasteiger partial charge in [-0.1, -0.05) is 34.5 Å². The Balaban J connectivity index is 1.62. The number of esters is 1. The molecule has 3 fully saturated rings. The quantitative estimate of drug-likeness (QED) is 0.413. The maximum Gasteiger partial charge on any atom is 0.302 e. The first kappa shape index (κ1) is 18.9. The zero-order chi connectivity index (χ0) is 18.6. The fraction of sp³-hybridized carbons (Fsp3) is 0.857. The van der Waals surface area contributed by atoms with Crippen molar-refractivity contribution in [2.45, 2.75) is 75.5 Å². The maximum absolute atomic E-state index is 11.6. The van der Waals surface area contributed by atoms with Crippen molar-refractivity contribution >= 4 is 21.9 Å². The van der Waals surface area contributed by atoms with Crippen LogP contribution in [0.1, 0.15) is 52.4 Å². The van der Waals surface area contributed by atoms with E-state index in [1.165, 1.54) is 12.5 Å². The molecule has 0 aromatic rings. The molecular formula is C21H31BrO4. The third-order valence-corrected chi connectivity index (χ3v) is 8.88. The lowest BCUT2D eigenvalue weighted by Crippen LogP contribution is -2.52. The second-order valence-corrected chi connectivity index (χ2v) is 10.3. The van der Waals surface area contributed by atoms with Crippen LogP contribution in [0.25, 0.3) is 0 Å². The van der Waals surface area contributed by atoms with E-state index in [1.54, 1.807) is 7.11 Å². The van der Waals surface area contributed by atoms with E-state index in [0.717, 1.165) is 38.5 Å². The Morgan fingerprint density at radius 3 is 2.77 bits per heavy atom. The van der Waals surface area contributed by atoms with E-state index in [9.17, 15) is 9.90 Å². The number of methoxy groups -OCH3 is 1. The molecule has 3 saturated carbocycles. The van der Waals surface area contributed by atoms with E-state index in [1.807, 2.05) is 0 Å². The number of fused-ring (bicyclic) bond motifs is 5. The molecule has 0 amide bonds. The summed E-state index contributed by atoms with van der Waals surface area (Å²) in [5, 5.41) is 11.1. The van der Waals surface area contributed by atoms with Crippen LogP contribution in [0, 0.1) is 29.1 Å². The molecule has 0 aromatic heterocycles. The van der Waals surface area contributed by atoms with Crippen LogP contribution in [0.4, 0.5) is 0 Å². The maximum atomic E-state index is 11.6. The van der Waals surface area contributed by atoms with Crippen molar-refractivity contribution in [1.29, 1.82) is 0 Å². The summed E-state index contributed by atoms with van der Waals surface area (Å²) in [7, 11) is 1.80. The van der Waals surface area contributed by atoms with Gasteiger partial charge in [0.15, 0.2) is 0 Å². The summed E-state index contributed by atoms with van der Waals surface area (Å²) in [4.78, 5) is 11.8. The van der Waals surface area contributed by atoms with Crippen LogP contribution in [-0.2, 0) is 14.3 Å². The number of alkyl halides is 1. The molecule has 9 atom stereocenters. The van der Waals surface area contributed by atoms with Gasteiger partial charge in [0.25, 0.3) is 0 Å². The summed E-state index contributed by atoms with van der Waals surface area (Å²) in [6.07, 6.45) is 8.41. The van der Waals surface area contributed by atoms with Crippen molar-refractivity contribution in [3.05, 3.63) is 11.6 Å². The van der Waals surface area contributed by atoms with Gasteiger partial charge in [-0.2, -0.15) is 0 Å². The lowest BCUT2D eigenvalue weighted by Gasteiger charge is -2.56. The summed E-state index contributed by atoms with van der Waals surface area (Å²) in [6.45, 7) is 3.91. The predicted molar refractivity (Wildman–Crippen MR) is 103 cm³/mol. The van der Waals surface area contributed by atoms with Crippen molar-refractivity contribution in [2.75, 3.05) is 7.11 Å². The fourth-order valence-corrected chi connectivity index (χ4v) is 7.69. The standard InChI is InChI=1S/C21H31BrO4/c1-11(23)26-20-14-4-5-16-19(15(14)10-17(20)22)18(24)9-12-8-13(25-3)6-7-21(12,16)2/h9,13-20,24H,4-8,10H2,1-3H3/t13-,14-,15?,16?,17+,18-,19?,20?,21-/m0/s1. The van der Waals surface area contributed by atoms with Gasteiger partial charge in [0.1, 0.15) is 6.10 Å². The first-order valence-electron chi connectivity index (χ1n) is 10.1. The van der Waals surface area contributed by atoms with Gasteiger partial charge in [-0.05, 0) is 61.7 Å². The lowest BCUT2D eigenvalue weighted by atomic mass is 9.50. The van der Waals surface area contributed by atoms with E-state index >= 15 is 0 Å². The van der Waals surface area contributed by atoms with Gasteiger partial charge in [-0.15, -0.1) is 0 Å². The van der Waals surface area contributed by atoms with Crippen molar-refractivity contribution in [3.63, 3.8) is 0 Å². The van der Waals surface area contributed by atoms with Gasteiger partial charge in [0.2, 0.25) is 0 Å². The third-order valence-electron chi connectivity index (χ3n) is 7.98. The second-order valence-electron chi connectivity index (χ2n) is 9.12. The van der Waals surface area contributed by atoms with Gasteiger partial charge in [0.05, 0.1) is 17.0 Å². The number of rotatable bonds is 2. The number of hydrogen-bond donors (Lipinski definition) is 1. The van der Waals surface area contributed by atoms with Gasteiger partial charge < -0.3 is 14.6 Å². The normalized spacial score (nSPS) is 50.3. The van der Waals surface area contributed by atoms with Gasteiger partial charge in [-0.25, -0.2) is 0 Å². The Morgan fingerprint density at radius 1 is 1.31 bits per heavy atom. The number of ether oxygens (including phenoxy) is 2. The molecule has 0 heterocycles. The molecule has 146 valence electrons. The highest BCUT2D eigenvalue weighted by Gasteiger charge is 2.58. The van der Waals surface area contributed by atoms with E-state index in [-0.39, 0.29) is 34.3 Å². The summed E-state index contributed by atoms with van der Waals surface area (Å²) >= 11 is 3.77. The Morgan fingerprint density at radius 2 is 2.08 bits per heavy atom. The van der Waals surface area contributed by atoms with E-state index in [4.69, 9.17) is 9.47 Å². The van der Waals surface area contributed by atoms with Gasteiger partial charge in [0, 0.05) is 20.0 Å². The van der Waals surface area contributed by atoms with Crippen LogP contribution < -0.4 is 0 Å². The molecule has 1 N–H and O–H groups in total. The molecule has 0 saturated heterocycles. The Hall–Kier alpha value is -0.390. The second kappa shape index (κ2) is 6.89. The number of aliphatic hydroxyl groups excluding tert-OH is 1. The molecular weight excluding hydrogens is 396 g/mol. The zero-order valence-corrected chi connectivity index (χ0v) is 17.6. The van der Waals surface area contributed by atoms with Gasteiger partial charge >= 0.3 is 5.97 Å². The highest BCUT2D eigenvalue weighted by atomic mass is 79.9. The number of carbonyl (C=O) groups is 1. The van der Waals surface area contributed by atoms with Crippen LogP contribution >= 0.6 is 15.9 Å². The highest BCUT2D eigenvalue weighted by Crippen LogP contribution is 2.62. The van der Waals surface area contributed by atoms with Crippen molar-refractivity contribution in [2.24, 2.45) is 29.1 Å². The summed E-state index contributed by atoms with van der Waals surface area (Å²) in [5.41, 5.74) is 1.60. The Kier molecular flexibility index (Phi) is 5.02. The van der Waals surface area contributed by atoms with Gasteiger partial charge in [-0.3, -0.25) is 4.79 Å². The summed E-state index contributed by atoms with van der Waals surface area (Å²) < 4.78 is 11.3. The van der Waals surface area contributed by atoms with E-state index in [0.29, 0.717) is 23.9 Å². The zero-order valence-electron chi connectivity index (χ0n) is 16.0. The number of hydrogen-bond acceptors (Lipinski definition) is 4. The molecule has 4 aliphatic rings. The molecule has 26 heavy (non-hydrogen) atoms. The van der Waals surface area contributed by atoms with Crippen LogP contribution in [0.5, 0.6) is 0 Å². The first-order valence-corrected chi connectivity index (χ1v) is 11.0. The molecule has 0 aromatic carbocycles. The summed E-state index contributed by atoms with van der Waals surface area (Å²) in [5.74, 6) is 1.40. The molecule has 4 unspecified atom stereocenters. The Bertz CT molecular complexity index is 605. The lowest BCUT2D eigenvalue weighted by molar-refractivity contribution is -0.150. The number of aliphatic hydroxyl groups is 1. The molecule has 4 aliphatic carbocycles. The molecule has 0 bridgehead atoms. The van der Waals surface area contributed by atoms with Crippen LogP contribution in [0.2, 0.25) is 0 Å². The Labute approximate surface area is 164 Å². The SMILES string of the molecule is CO[C@H]1CC[C@@]2(C)C(=C[C@H](O)C3C4C[C@@H](Br)C(OC(C)=O)[C@H]4CCC32)C1. The topological polar surface area (TPSA) is 55.8 Å². The molecule has 0 radical (unpaired) electrons. The first-order chi connectivity index (χ1) is 12.3. The predicted octanol–water partition coefficient (Wildman–Crippen LogP) is 3.85. The van der Waals surface area contributed by atoms with Crippen molar-refractivity contribution in [3.8, 4) is 0 Å². The molecule has 5 heteroatoms. The van der Waals surface area contributed by atoms with Crippen molar-refractivity contribution < 1.29 is 19.4 Å². The minimum atomic E-state index is -0.387. The van der Waals surface area contributed by atoms with E-state index < -0.39 is 0 Å². The minimum Gasteiger partial charge on any atom is -0.461 e. The monoisotopic (exact) mass is 426 g/mol. The molecule has 0 spiro atoms. The van der Waals surface area contributed by atoms with Crippen LogP contribution in [0.3, 0.4) is 0 Å².